The molecule has 0 unspecified atom stereocenters. The lowest BCUT2D eigenvalue weighted by molar-refractivity contribution is -0.118. The van der Waals surface area contributed by atoms with Gasteiger partial charge in [0.15, 0.2) is 5.78 Å². The molecular formula is C28H35ClN2O3. The van der Waals surface area contributed by atoms with E-state index in [1.165, 1.54) is 29.5 Å². The molecule has 3 heterocycles. The smallest absolute Gasteiger partial charge is 0.227 e. The van der Waals surface area contributed by atoms with Gasteiger partial charge in [-0.3, -0.25) is 9.59 Å². The molecule has 3 aliphatic rings. The topological polar surface area (TPSA) is 49.9 Å². The first-order valence-electron chi connectivity index (χ1n) is 12.5. The Bertz CT molecular complexity index is 1050. The minimum atomic E-state index is 0. The number of benzene rings is 2. The van der Waals surface area contributed by atoms with Crippen molar-refractivity contribution in [3.63, 3.8) is 0 Å². The van der Waals surface area contributed by atoms with E-state index < -0.39 is 0 Å². The van der Waals surface area contributed by atoms with Crippen LogP contribution in [0.15, 0.2) is 36.4 Å². The number of hydrogen-bond donors (Lipinski definition) is 0. The monoisotopic (exact) mass is 482 g/mol. The highest BCUT2D eigenvalue weighted by molar-refractivity contribution is 6.02. The van der Waals surface area contributed by atoms with Crippen molar-refractivity contribution in [3.05, 3.63) is 58.7 Å². The fourth-order valence-electron chi connectivity index (χ4n) is 5.79. The van der Waals surface area contributed by atoms with Crippen LogP contribution in [-0.4, -0.2) is 49.9 Å². The van der Waals surface area contributed by atoms with Gasteiger partial charge in [0.25, 0.3) is 0 Å². The van der Waals surface area contributed by atoms with Crippen molar-refractivity contribution in [1.29, 1.82) is 0 Å². The molecule has 5 nitrogen and oxygen atoms in total. The van der Waals surface area contributed by atoms with E-state index in [9.17, 15) is 9.59 Å². The lowest BCUT2D eigenvalue weighted by atomic mass is 9.89. The SMILES string of the molecule is COc1ccccc1CCN1CCC(CCC(=O)c2cc3c4c(c2)CCN4C(=O)CC3)CC1.Cl. The minimum absolute atomic E-state index is 0. The largest absolute Gasteiger partial charge is 0.496 e. The summed E-state index contributed by atoms with van der Waals surface area (Å²) in [6.45, 7) is 4.06. The van der Waals surface area contributed by atoms with Gasteiger partial charge < -0.3 is 14.5 Å². The number of amides is 1. The van der Waals surface area contributed by atoms with E-state index in [1.807, 2.05) is 17.0 Å². The summed E-state index contributed by atoms with van der Waals surface area (Å²) in [4.78, 5) is 29.6. The number of carbonyl (C=O) groups is 2. The van der Waals surface area contributed by atoms with Crippen LogP contribution in [-0.2, 0) is 24.1 Å². The highest BCUT2D eigenvalue weighted by atomic mass is 35.5. The number of carbonyl (C=O) groups excluding carboxylic acids is 2. The van der Waals surface area contributed by atoms with Crippen LogP contribution in [0.1, 0.15) is 59.2 Å². The number of rotatable bonds is 8. The summed E-state index contributed by atoms with van der Waals surface area (Å²) in [5.41, 5.74) is 5.61. The van der Waals surface area contributed by atoms with Crippen molar-refractivity contribution >= 4 is 29.8 Å². The number of ketones is 1. The number of nitrogens with zero attached hydrogens (tertiary/aromatic N) is 2. The Balaban J connectivity index is 0.00000274. The van der Waals surface area contributed by atoms with Gasteiger partial charge in [-0.05, 0) is 92.4 Å². The summed E-state index contributed by atoms with van der Waals surface area (Å²) in [6.07, 6.45) is 7.19. The maximum Gasteiger partial charge on any atom is 0.227 e. The standard InChI is InChI=1S/C28H34N2O3.ClH/c1-33-26-5-3-2-4-21(26)12-16-29-14-10-20(11-15-29)6-8-25(31)24-18-22-7-9-27(32)30-17-13-23(19-24)28(22)30;/h2-5,18-20H,6-17H2,1H3;1H. The molecule has 0 N–H and O–H groups in total. The molecule has 1 saturated heterocycles. The van der Waals surface area contributed by atoms with Crippen molar-refractivity contribution < 1.29 is 14.3 Å². The second-order valence-electron chi connectivity index (χ2n) is 9.75. The summed E-state index contributed by atoms with van der Waals surface area (Å²) in [6, 6.07) is 12.4. The fourth-order valence-corrected chi connectivity index (χ4v) is 5.79. The molecule has 0 radical (unpaired) electrons. The van der Waals surface area contributed by atoms with Gasteiger partial charge in [-0.1, -0.05) is 18.2 Å². The zero-order chi connectivity index (χ0) is 22.8. The third kappa shape index (κ3) is 5.16. The normalized spacial score (nSPS) is 17.9. The average molecular weight is 483 g/mol. The van der Waals surface area contributed by atoms with E-state index in [2.05, 4.69) is 29.2 Å². The molecule has 5 rings (SSSR count). The van der Waals surface area contributed by atoms with Crippen LogP contribution in [0, 0.1) is 5.92 Å². The van der Waals surface area contributed by atoms with Crippen LogP contribution in [0.3, 0.4) is 0 Å². The van der Waals surface area contributed by atoms with E-state index in [0.29, 0.717) is 18.8 Å². The Morgan fingerprint density at radius 1 is 1.03 bits per heavy atom. The maximum absolute atomic E-state index is 13.0. The first kappa shape index (κ1) is 24.7. The van der Waals surface area contributed by atoms with E-state index >= 15 is 0 Å². The fraction of sp³-hybridized carbons (Fsp3) is 0.500. The molecule has 182 valence electrons. The lowest BCUT2D eigenvalue weighted by Gasteiger charge is -2.32. The maximum atomic E-state index is 13.0. The molecule has 0 saturated carbocycles. The molecule has 2 aromatic carbocycles. The summed E-state index contributed by atoms with van der Waals surface area (Å²) in [5, 5.41) is 0. The number of halogens is 1. The molecule has 0 aromatic heterocycles. The van der Waals surface area contributed by atoms with Crippen molar-refractivity contribution in [2.75, 3.05) is 38.2 Å². The van der Waals surface area contributed by atoms with Crippen molar-refractivity contribution in [2.24, 2.45) is 5.92 Å². The quantitative estimate of drug-likeness (QED) is 0.504. The highest BCUT2D eigenvalue weighted by Gasteiger charge is 2.32. The Kier molecular flexibility index (Phi) is 7.95. The molecule has 0 bridgehead atoms. The van der Waals surface area contributed by atoms with E-state index in [0.717, 1.165) is 68.9 Å². The number of piperidine rings is 1. The highest BCUT2D eigenvalue weighted by Crippen LogP contribution is 2.38. The number of hydrogen-bond acceptors (Lipinski definition) is 4. The molecule has 3 aliphatic heterocycles. The van der Waals surface area contributed by atoms with Gasteiger partial charge in [-0.15, -0.1) is 12.4 Å². The second-order valence-corrected chi connectivity index (χ2v) is 9.75. The van der Waals surface area contributed by atoms with Crippen LogP contribution in [0.25, 0.3) is 0 Å². The van der Waals surface area contributed by atoms with E-state index in [4.69, 9.17) is 4.74 Å². The van der Waals surface area contributed by atoms with E-state index in [-0.39, 0.29) is 24.1 Å². The first-order chi connectivity index (χ1) is 16.1. The number of Topliss-reactive ketones (excluding diaryl/α,β-unsaturated/α-hetero) is 1. The molecule has 1 fully saturated rings. The van der Waals surface area contributed by atoms with Gasteiger partial charge in [0.2, 0.25) is 5.91 Å². The molecular weight excluding hydrogens is 448 g/mol. The summed E-state index contributed by atoms with van der Waals surface area (Å²) >= 11 is 0. The van der Waals surface area contributed by atoms with Gasteiger partial charge in [0, 0.05) is 31.5 Å². The molecule has 34 heavy (non-hydrogen) atoms. The van der Waals surface area contributed by atoms with Crippen LogP contribution < -0.4 is 9.64 Å². The molecule has 0 aliphatic carbocycles. The van der Waals surface area contributed by atoms with E-state index in [1.54, 1.807) is 7.11 Å². The summed E-state index contributed by atoms with van der Waals surface area (Å²) in [5.74, 6) is 2.11. The Morgan fingerprint density at radius 2 is 1.76 bits per heavy atom. The number of ether oxygens (including phenoxy) is 1. The zero-order valence-corrected chi connectivity index (χ0v) is 20.9. The summed E-state index contributed by atoms with van der Waals surface area (Å²) in [7, 11) is 1.74. The lowest BCUT2D eigenvalue weighted by Crippen LogP contribution is -2.35. The predicted octanol–water partition coefficient (Wildman–Crippen LogP) is 4.87. The minimum Gasteiger partial charge on any atom is -0.496 e. The first-order valence-corrected chi connectivity index (χ1v) is 12.5. The number of methoxy groups -OCH3 is 1. The molecule has 6 heteroatoms. The van der Waals surface area contributed by atoms with Crippen molar-refractivity contribution in [3.8, 4) is 5.75 Å². The average Bonchev–Trinajstić information content (AvgIpc) is 3.29. The van der Waals surface area contributed by atoms with Crippen LogP contribution in [0.4, 0.5) is 5.69 Å². The third-order valence-corrected chi connectivity index (χ3v) is 7.75. The molecule has 1 amide bonds. The summed E-state index contributed by atoms with van der Waals surface area (Å²) < 4.78 is 5.48. The number of aryl methyl sites for hydroxylation is 1. The molecule has 2 aromatic rings. The number of likely N-dealkylation sites (tertiary alicyclic amines) is 1. The van der Waals surface area contributed by atoms with Crippen LogP contribution in [0.5, 0.6) is 5.75 Å². The Hall–Kier alpha value is -2.37. The Morgan fingerprint density at radius 3 is 2.53 bits per heavy atom. The third-order valence-electron chi connectivity index (χ3n) is 7.75. The molecule has 0 spiro atoms. The van der Waals surface area contributed by atoms with Crippen molar-refractivity contribution in [2.45, 2.75) is 51.4 Å². The van der Waals surface area contributed by atoms with Gasteiger partial charge in [-0.25, -0.2) is 0 Å². The van der Waals surface area contributed by atoms with Gasteiger partial charge in [-0.2, -0.15) is 0 Å². The number of anilines is 1. The second kappa shape index (κ2) is 10.9. The van der Waals surface area contributed by atoms with Crippen LogP contribution in [0.2, 0.25) is 0 Å². The van der Waals surface area contributed by atoms with Crippen molar-refractivity contribution in [1.82, 2.24) is 4.90 Å². The number of para-hydroxylation sites is 1. The molecule has 0 atom stereocenters. The Labute approximate surface area is 208 Å². The van der Waals surface area contributed by atoms with Gasteiger partial charge in [0.1, 0.15) is 5.75 Å². The van der Waals surface area contributed by atoms with Crippen LogP contribution >= 0.6 is 12.4 Å². The predicted molar refractivity (Wildman–Crippen MR) is 137 cm³/mol. The van der Waals surface area contributed by atoms with Gasteiger partial charge >= 0.3 is 0 Å². The zero-order valence-electron chi connectivity index (χ0n) is 20.1. The van der Waals surface area contributed by atoms with Gasteiger partial charge in [0.05, 0.1) is 12.8 Å².